The van der Waals surface area contributed by atoms with Gasteiger partial charge in [0.25, 0.3) is 0 Å². The Balaban J connectivity index is 1.42. The normalized spacial score (nSPS) is 20.5. The minimum atomic E-state index is -4.20. The number of hydrogen-bond acceptors (Lipinski definition) is 5. The smallest absolute Gasteiger partial charge is 0.312 e. The largest absolute Gasteiger partial charge is 0.390 e. The van der Waals surface area contributed by atoms with E-state index in [4.69, 9.17) is 4.98 Å². The van der Waals surface area contributed by atoms with Gasteiger partial charge in [-0.3, -0.25) is 15.8 Å². The summed E-state index contributed by atoms with van der Waals surface area (Å²) < 4.78 is 52.9. The first kappa shape index (κ1) is 27.8. The Morgan fingerprint density at radius 3 is 2.49 bits per heavy atom. The standard InChI is InChI=1S/C28H36F4N6O/c1-3-24-22(21-15-33-34-16-21)7-8-25(35-24)37-18-27(9-12-36(13-10-27)14-11-28(30,31)32)38(26(37)39)17-20-5-4-6-23(29)19(20)2/h4-8,21,33-34H,3,9-18H2,1-2H3. The maximum atomic E-state index is 14.4. The molecule has 7 nitrogen and oxygen atoms in total. The van der Waals surface area contributed by atoms with E-state index in [0.717, 1.165) is 36.3 Å². The molecule has 0 unspecified atom stereocenters. The van der Waals surface area contributed by atoms with E-state index in [-0.39, 0.29) is 24.9 Å². The number of carbonyl (C=O) groups excluding carboxylic acids is 1. The highest BCUT2D eigenvalue weighted by Gasteiger charge is 2.51. The molecule has 3 fully saturated rings. The molecule has 3 saturated heterocycles. The van der Waals surface area contributed by atoms with Crippen molar-refractivity contribution in [2.75, 3.05) is 44.2 Å². The molecular weight excluding hydrogens is 512 g/mol. The lowest BCUT2D eigenvalue weighted by Gasteiger charge is -2.44. The van der Waals surface area contributed by atoms with Crippen LogP contribution in [0, 0.1) is 12.7 Å². The third-order valence-corrected chi connectivity index (χ3v) is 8.56. The molecule has 5 rings (SSSR count). The third-order valence-electron chi connectivity index (χ3n) is 8.56. The van der Waals surface area contributed by atoms with Crippen molar-refractivity contribution in [2.24, 2.45) is 0 Å². The van der Waals surface area contributed by atoms with Crippen LogP contribution in [0.1, 0.15) is 54.5 Å². The highest BCUT2D eigenvalue weighted by molar-refractivity contribution is 5.94. The number of pyridine rings is 1. The fourth-order valence-corrected chi connectivity index (χ4v) is 6.10. The van der Waals surface area contributed by atoms with Crippen molar-refractivity contribution in [2.45, 2.75) is 63.7 Å². The summed E-state index contributed by atoms with van der Waals surface area (Å²) in [5, 5.41) is 0. The number of halogens is 4. The summed E-state index contributed by atoms with van der Waals surface area (Å²) in [4.78, 5) is 24.2. The van der Waals surface area contributed by atoms with Crippen molar-refractivity contribution in [1.82, 2.24) is 25.6 Å². The summed E-state index contributed by atoms with van der Waals surface area (Å²) in [5.74, 6) is 0.556. The number of piperidine rings is 1. The number of anilines is 1. The molecule has 3 aliphatic rings. The van der Waals surface area contributed by atoms with E-state index < -0.39 is 18.1 Å². The average Bonchev–Trinajstić information content (AvgIpc) is 3.54. The van der Waals surface area contributed by atoms with E-state index in [1.54, 1.807) is 17.9 Å². The zero-order valence-electron chi connectivity index (χ0n) is 22.5. The van der Waals surface area contributed by atoms with Crippen molar-refractivity contribution in [3.63, 3.8) is 0 Å². The SMILES string of the molecule is CCc1nc(N2CC3(CCN(CCC(F)(F)F)CC3)N(Cc3cccc(F)c3C)C2=O)ccc1C1CNNC1. The second-order valence-corrected chi connectivity index (χ2v) is 10.9. The van der Waals surface area contributed by atoms with E-state index in [9.17, 15) is 22.4 Å². The molecule has 0 radical (unpaired) electrons. The van der Waals surface area contributed by atoms with Crippen LogP contribution in [-0.4, -0.2) is 71.8 Å². The molecule has 3 aliphatic heterocycles. The fraction of sp³-hybridized carbons (Fsp3) is 0.571. The van der Waals surface area contributed by atoms with Crippen LogP contribution in [0.25, 0.3) is 0 Å². The molecule has 1 aromatic heterocycles. The second kappa shape index (κ2) is 11.0. The number of likely N-dealkylation sites (tertiary alicyclic amines) is 1. The number of urea groups is 1. The predicted molar refractivity (Wildman–Crippen MR) is 141 cm³/mol. The van der Waals surface area contributed by atoms with Crippen LogP contribution in [0.5, 0.6) is 0 Å². The molecule has 0 aliphatic carbocycles. The lowest BCUT2D eigenvalue weighted by atomic mass is 9.86. The van der Waals surface area contributed by atoms with Gasteiger partial charge in [0.15, 0.2) is 0 Å². The number of carbonyl (C=O) groups is 1. The van der Waals surface area contributed by atoms with Gasteiger partial charge in [-0.05, 0) is 55.0 Å². The zero-order chi connectivity index (χ0) is 27.8. The van der Waals surface area contributed by atoms with Gasteiger partial charge in [-0.15, -0.1) is 0 Å². The topological polar surface area (TPSA) is 63.7 Å². The zero-order valence-corrected chi connectivity index (χ0v) is 22.5. The van der Waals surface area contributed by atoms with Gasteiger partial charge >= 0.3 is 12.2 Å². The Morgan fingerprint density at radius 2 is 1.82 bits per heavy atom. The van der Waals surface area contributed by atoms with E-state index in [1.807, 2.05) is 21.9 Å². The number of hydrazine groups is 1. The molecule has 212 valence electrons. The lowest BCUT2D eigenvalue weighted by molar-refractivity contribution is -0.139. The van der Waals surface area contributed by atoms with Crippen LogP contribution in [0.4, 0.5) is 28.2 Å². The Bertz CT molecular complexity index is 1190. The molecule has 11 heteroatoms. The van der Waals surface area contributed by atoms with Crippen LogP contribution >= 0.6 is 0 Å². The number of nitrogens with zero attached hydrogens (tertiary/aromatic N) is 4. The molecule has 4 heterocycles. The van der Waals surface area contributed by atoms with Gasteiger partial charge in [0.1, 0.15) is 11.6 Å². The van der Waals surface area contributed by atoms with Gasteiger partial charge in [0, 0.05) is 50.9 Å². The quantitative estimate of drug-likeness (QED) is 0.499. The van der Waals surface area contributed by atoms with E-state index in [1.165, 1.54) is 6.07 Å². The average molecular weight is 549 g/mol. The molecule has 1 aromatic carbocycles. The summed E-state index contributed by atoms with van der Waals surface area (Å²) in [6.07, 6.45) is -3.23. The number of aromatic nitrogens is 1. The minimum absolute atomic E-state index is 0.0476. The first-order valence-electron chi connectivity index (χ1n) is 13.7. The fourth-order valence-electron chi connectivity index (χ4n) is 6.10. The molecule has 39 heavy (non-hydrogen) atoms. The van der Waals surface area contributed by atoms with Crippen molar-refractivity contribution in [3.05, 3.63) is 58.5 Å². The van der Waals surface area contributed by atoms with Crippen LogP contribution in [0.3, 0.4) is 0 Å². The molecule has 0 bridgehead atoms. The maximum absolute atomic E-state index is 14.4. The summed E-state index contributed by atoms with van der Waals surface area (Å²) in [6, 6.07) is 8.62. The number of nitrogens with one attached hydrogen (secondary N) is 2. The van der Waals surface area contributed by atoms with Gasteiger partial charge in [0.05, 0.1) is 18.5 Å². The van der Waals surface area contributed by atoms with Crippen molar-refractivity contribution < 1.29 is 22.4 Å². The van der Waals surface area contributed by atoms with Crippen molar-refractivity contribution in [3.8, 4) is 0 Å². The molecule has 2 aromatic rings. The van der Waals surface area contributed by atoms with Gasteiger partial charge in [-0.1, -0.05) is 25.1 Å². The highest BCUT2D eigenvalue weighted by atomic mass is 19.4. The summed E-state index contributed by atoms with van der Waals surface area (Å²) >= 11 is 0. The van der Waals surface area contributed by atoms with Crippen LogP contribution in [0.15, 0.2) is 30.3 Å². The Hall–Kier alpha value is -2.76. The molecule has 1 spiro atoms. The van der Waals surface area contributed by atoms with Gasteiger partial charge in [0.2, 0.25) is 0 Å². The minimum Gasteiger partial charge on any atom is -0.312 e. The number of rotatable bonds is 7. The first-order valence-corrected chi connectivity index (χ1v) is 13.7. The number of amides is 2. The summed E-state index contributed by atoms with van der Waals surface area (Å²) in [6.45, 7) is 6.89. The number of aryl methyl sites for hydroxylation is 1. The Morgan fingerprint density at radius 1 is 1.10 bits per heavy atom. The van der Waals surface area contributed by atoms with E-state index >= 15 is 0 Å². The van der Waals surface area contributed by atoms with Crippen LogP contribution in [0.2, 0.25) is 0 Å². The highest BCUT2D eigenvalue weighted by Crippen LogP contribution is 2.40. The monoisotopic (exact) mass is 548 g/mol. The molecular formula is C28H36F4N6O. The lowest BCUT2D eigenvalue weighted by Crippen LogP contribution is -2.54. The molecule has 2 N–H and O–H groups in total. The van der Waals surface area contributed by atoms with Crippen molar-refractivity contribution >= 4 is 11.8 Å². The van der Waals surface area contributed by atoms with Gasteiger partial charge < -0.3 is 9.80 Å². The molecule has 0 atom stereocenters. The van der Waals surface area contributed by atoms with Crippen LogP contribution in [-0.2, 0) is 13.0 Å². The third kappa shape index (κ3) is 5.76. The second-order valence-electron chi connectivity index (χ2n) is 10.9. The number of benzene rings is 1. The maximum Gasteiger partial charge on any atom is 0.390 e. The summed E-state index contributed by atoms with van der Waals surface area (Å²) in [7, 11) is 0. The van der Waals surface area contributed by atoms with Gasteiger partial charge in [-0.25, -0.2) is 14.2 Å². The Kier molecular flexibility index (Phi) is 7.85. The van der Waals surface area contributed by atoms with Crippen LogP contribution < -0.4 is 15.8 Å². The van der Waals surface area contributed by atoms with Crippen molar-refractivity contribution in [1.29, 1.82) is 0 Å². The predicted octanol–water partition coefficient (Wildman–Crippen LogP) is 4.51. The number of hydrogen-bond donors (Lipinski definition) is 2. The molecule has 2 amide bonds. The number of alkyl halides is 3. The van der Waals surface area contributed by atoms with E-state index in [2.05, 4.69) is 23.8 Å². The van der Waals surface area contributed by atoms with E-state index in [0.29, 0.717) is 49.8 Å². The molecule has 0 saturated carbocycles. The Labute approximate surface area is 226 Å². The summed E-state index contributed by atoms with van der Waals surface area (Å²) in [5.41, 5.74) is 9.06. The first-order chi connectivity index (χ1) is 18.6. The van der Waals surface area contributed by atoms with Gasteiger partial charge in [-0.2, -0.15) is 13.2 Å².